The van der Waals surface area contributed by atoms with Crippen molar-refractivity contribution in [2.24, 2.45) is 0 Å². The Hall–Kier alpha value is -1.93. The van der Waals surface area contributed by atoms with Crippen molar-refractivity contribution in [1.29, 1.82) is 0 Å². The third-order valence-electron chi connectivity index (χ3n) is 3.08. The van der Waals surface area contributed by atoms with Crippen LogP contribution >= 0.6 is 22.6 Å². The van der Waals surface area contributed by atoms with Crippen LogP contribution in [0.3, 0.4) is 0 Å². The van der Waals surface area contributed by atoms with Crippen LogP contribution < -0.4 is 10.6 Å². The standard InChI is InChI=1S/C17H17IN2O3/c1-11(21)10-19-16(22)12-6-8-13(9-7-12)20-17(23)14-4-2-3-5-15(14)18/h2-9,11,21H,10H2,1H3,(H,19,22)(H,20,23)/t11-/m0/s1. The number of anilines is 1. The SMILES string of the molecule is C[C@H](O)CNC(=O)c1ccc(NC(=O)c2ccccc2I)cc1. The van der Waals surface area contributed by atoms with Gasteiger partial charge in [0, 0.05) is 21.4 Å². The van der Waals surface area contributed by atoms with Gasteiger partial charge < -0.3 is 15.7 Å². The van der Waals surface area contributed by atoms with Gasteiger partial charge in [-0.25, -0.2) is 0 Å². The number of carbonyl (C=O) groups excluding carboxylic acids is 2. The van der Waals surface area contributed by atoms with E-state index in [4.69, 9.17) is 5.11 Å². The summed E-state index contributed by atoms with van der Waals surface area (Å²) in [5.74, 6) is -0.456. The van der Waals surface area contributed by atoms with Crippen LogP contribution in [0.1, 0.15) is 27.6 Å². The van der Waals surface area contributed by atoms with E-state index < -0.39 is 6.10 Å². The molecule has 0 aromatic heterocycles. The van der Waals surface area contributed by atoms with Gasteiger partial charge in [-0.15, -0.1) is 0 Å². The summed E-state index contributed by atoms with van der Waals surface area (Å²) < 4.78 is 0.872. The van der Waals surface area contributed by atoms with Gasteiger partial charge in [0.05, 0.1) is 11.7 Å². The molecule has 0 spiro atoms. The maximum Gasteiger partial charge on any atom is 0.256 e. The summed E-state index contributed by atoms with van der Waals surface area (Å²) in [6.07, 6.45) is -0.592. The van der Waals surface area contributed by atoms with Crippen molar-refractivity contribution in [1.82, 2.24) is 5.32 Å². The topological polar surface area (TPSA) is 78.4 Å². The number of rotatable bonds is 5. The predicted molar refractivity (Wildman–Crippen MR) is 97.6 cm³/mol. The van der Waals surface area contributed by atoms with E-state index in [2.05, 4.69) is 33.2 Å². The number of halogens is 1. The molecule has 0 aliphatic heterocycles. The van der Waals surface area contributed by atoms with E-state index in [0.29, 0.717) is 16.8 Å². The Balaban J connectivity index is 2.01. The number of hydrogen-bond acceptors (Lipinski definition) is 3. The number of aliphatic hydroxyl groups excluding tert-OH is 1. The van der Waals surface area contributed by atoms with Crippen molar-refractivity contribution in [3.8, 4) is 0 Å². The van der Waals surface area contributed by atoms with Crippen LogP contribution in [0.15, 0.2) is 48.5 Å². The fourth-order valence-corrected chi connectivity index (χ4v) is 2.52. The second kappa shape index (κ2) is 8.07. The lowest BCUT2D eigenvalue weighted by molar-refractivity contribution is 0.0923. The lowest BCUT2D eigenvalue weighted by atomic mass is 10.1. The van der Waals surface area contributed by atoms with Crippen LogP contribution in [0, 0.1) is 3.57 Å². The molecule has 6 heteroatoms. The third kappa shape index (κ3) is 5.04. The summed E-state index contributed by atoms with van der Waals surface area (Å²) in [7, 11) is 0. The smallest absolute Gasteiger partial charge is 0.256 e. The molecule has 0 saturated carbocycles. The molecule has 2 amide bonds. The molecule has 120 valence electrons. The minimum Gasteiger partial charge on any atom is -0.392 e. The second-order valence-electron chi connectivity index (χ2n) is 5.07. The molecule has 2 rings (SSSR count). The molecule has 0 unspecified atom stereocenters. The average Bonchev–Trinajstić information content (AvgIpc) is 2.53. The van der Waals surface area contributed by atoms with Crippen molar-refractivity contribution in [3.63, 3.8) is 0 Å². The first-order valence-corrected chi connectivity index (χ1v) is 8.17. The number of amides is 2. The molecular formula is C17H17IN2O3. The van der Waals surface area contributed by atoms with Crippen molar-refractivity contribution >= 4 is 40.1 Å². The van der Waals surface area contributed by atoms with Crippen LogP contribution in [-0.2, 0) is 0 Å². The van der Waals surface area contributed by atoms with E-state index >= 15 is 0 Å². The highest BCUT2D eigenvalue weighted by Crippen LogP contribution is 2.15. The first-order valence-electron chi connectivity index (χ1n) is 7.09. The Morgan fingerprint density at radius 1 is 1.09 bits per heavy atom. The van der Waals surface area contributed by atoms with E-state index in [1.165, 1.54) is 0 Å². The summed E-state index contributed by atoms with van der Waals surface area (Å²) in [5, 5.41) is 14.6. The highest BCUT2D eigenvalue weighted by atomic mass is 127. The molecular weight excluding hydrogens is 407 g/mol. The number of aliphatic hydroxyl groups is 1. The molecule has 0 fully saturated rings. The van der Waals surface area contributed by atoms with Gasteiger partial charge in [0.25, 0.3) is 11.8 Å². The fourth-order valence-electron chi connectivity index (χ4n) is 1.89. The van der Waals surface area contributed by atoms with Crippen LogP contribution in [0.5, 0.6) is 0 Å². The quantitative estimate of drug-likeness (QED) is 0.646. The Kier molecular flexibility index (Phi) is 6.12. The van der Waals surface area contributed by atoms with Crippen LogP contribution in [0.2, 0.25) is 0 Å². The Bertz CT molecular complexity index is 699. The Morgan fingerprint density at radius 3 is 2.35 bits per heavy atom. The molecule has 0 bridgehead atoms. The maximum atomic E-state index is 12.2. The monoisotopic (exact) mass is 424 g/mol. The van der Waals surface area contributed by atoms with Gasteiger partial charge >= 0.3 is 0 Å². The Labute approximate surface area is 148 Å². The van der Waals surface area contributed by atoms with Gasteiger partial charge in [-0.2, -0.15) is 0 Å². The van der Waals surface area contributed by atoms with E-state index in [1.54, 1.807) is 37.3 Å². The molecule has 1 atom stereocenters. The first-order chi connectivity index (χ1) is 11.0. The molecule has 2 aromatic rings. The normalized spacial score (nSPS) is 11.6. The zero-order chi connectivity index (χ0) is 16.8. The molecule has 3 N–H and O–H groups in total. The molecule has 2 aromatic carbocycles. The summed E-state index contributed by atoms with van der Waals surface area (Å²) >= 11 is 2.11. The van der Waals surface area contributed by atoms with Gasteiger partial charge in [-0.05, 0) is 65.9 Å². The van der Waals surface area contributed by atoms with Crippen molar-refractivity contribution < 1.29 is 14.7 Å². The van der Waals surface area contributed by atoms with E-state index in [-0.39, 0.29) is 18.4 Å². The van der Waals surface area contributed by atoms with E-state index in [0.717, 1.165) is 3.57 Å². The number of benzene rings is 2. The lowest BCUT2D eigenvalue weighted by Crippen LogP contribution is -2.30. The summed E-state index contributed by atoms with van der Waals surface area (Å²) in [6, 6.07) is 13.9. The lowest BCUT2D eigenvalue weighted by Gasteiger charge is -2.09. The highest BCUT2D eigenvalue weighted by molar-refractivity contribution is 14.1. The number of hydrogen-bond donors (Lipinski definition) is 3. The Morgan fingerprint density at radius 2 is 1.74 bits per heavy atom. The molecule has 0 aliphatic rings. The van der Waals surface area contributed by atoms with Crippen LogP contribution in [0.4, 0.5) is 5.69 Å². The third-order valence-corrected chi connectivity index (χ3v) is 4.02. The zero-order valence-electron chi connectivity index (χ0n) is 12.5. The highest BCUT2D eigenvalue weighted by Gasteiger charge is 2.10. The van der Waals surface area contributed by atoms with Gasteiger partial charge in [0.15, 0.2) is 0 Å². The molecule has 23 heavy (non-hydrogen) atoms. The van der Waals surface area contributed by atoms with Gasteiger partial charge in [0.1, 0.15) is 0 Å². The largest absolute Gasteiger partial charge is 0.392 e. The molecule has 5 nitrogen and oxygen atoms in total. The van der Waals surface area contributed by atoms with Crippen molar-refractivity contribution in [2.75, 3.05) is 11.9 Å². The summed E-state index contributed by atoms with van der Waals surface area (Å²) in [4.78, 5) is 24.0. The second-order valence-corrected chi connectivity index (χ2v) is 6.23. The number of carbonyl (C=O) groups is 2. The first kappa shape index (κ1) is 17.4. The van der Waals surface area contributed by atoms with Crippen molar-refractivity contribution in [2.45, 2.75) is 13.0 Å². The van der Waals surface area contributed by atoms with Crippen LogP contribution in [-0.4, -0.2) is 29.6 Å². The molecule has 0 heterocycles. The van der Waals surface area contributed by atoms with E-state index in [1.807, 2.05) is 18.2 Å². The van der Waals surface area contributed by atoms with Gasteiger partial charge in [-0.3, -0.25) is 9.59 Å². The van der Waals surface area contributed by atoms with Gasteiger partial charge in [-0.1, -0.05) is 12.1 Å². The zero-order valence-corrected chi connectivity index (χ0v) is 14.7. The minimum absolute atomic E-state index is 0.193. The minimum atomic E-state index is -0.592. The number of nitrogens with one attached hydrogen (secondary N) is 2. The summed E-state index contributed by atoms with van der Waals surface area (Å²) in [5.41, 5.74) is 1.69. The van der Waals surface area contributed by atoms with Gasteiger partial charge in [0.2, 0.25) is 0 Å². The van der Waals surface area contributed by atoms with E-state index in [9.17, 15) is 9.59 Å². The maximum absolute atomic E-state index is 12.2. The van der Waals surface area contributed by atoms with Crippen LogP contribution in [0.25, 0.3) is 0 Å². The molecule has 0 aliphatic carbocycles. The molecule has 0 saturated heterocycles. The fraction of sp³-hybridized carbons (Fsp3) is 0.176. The van der Waals surface area contributed by atoms with Crippen molar-refractivity contribution in [3.05, 3.63) is 63.2 Å². The molecule has 0 radical (unpaired) electrons. The average molecular weight is 424 g/mol. The summed E-state index contributed by atoms with van der Waals surface area (Å²) in [6.45, 7) is 1.80. The predicted octanol–water partition coefficient (Wildman–Crippen LogP) is 2.65.